The number of rotatable bonds is 48. The second-order valence-electron chi connectivity index (χ2n) is 30.6. The van der Waals surface area contributed by atoms with Crippen molar-refractivity contribution < 1.29 is 57.3 Å². The van der Waals surface area contributed by atoms with E-state index >= 15 is 0 Å². The van der Waals surface area contributed by atoms with Gasteiger partial charge in [-0.1, -0.05) is 194 Å². The van der Waals surface area contributed by atoms with Gasteiger partial charge >= 0.3 is 23.9 Å². The molecule has 0 saturated carbocycles. The Morgan fingerprint density at radius 3 is 0.702 bits per heavy atom. The number of Topliss-reactive ketones (excluding diaryl/α,β-unsaturated/α-hetero) is 4. The lowest BCUT2D eigenvalue weighted by molar-refractivity contribution is -0.147. The Hall–Kier alpha value is -10.3. The molecule has 12 rings (SSSR count). The van der Waals surface area contributed by atoms with Gasteiger partial charge in [0.05, 0.1) is 76.3 Å². The molecular formula is C100H120N8O12S4. The third-order valence-corrected chi connectivity index (χ3v) is 24.4. The van der Waals surface area contributed by atoms with Gasteiger partial charge in [-0.3, -0.25) is 38.4 Å². The second-order valence-corrected chi connectivity index (χ2v) is 34.5. The molecule has 4 heterocycles. The minimum absolute atomic E-state index is 0.0293. The number of carbonyl (C=O) groups excluding carboxylic acids is 8. The standard InChI is InChI=1S/C27H31N3O3S.2C25H30N2O3S.C23H29NO3S/c1-33-27(32)18(13-19-16-29-23-9-5-3-7-21(19)23)15-26(31)25(28-11-12-34-2)14-20-17-30-24-10-6-4-8-22(20)24;1-30-25(29)19(15-20-17-27-22-11-7-6-10-21(20)22)16-24(28)23(26-12-13-31-2)14-18-8-4-3-5-9-18;1-30-25(29)19(14-18-8-4-3-5-9-18)16-24(28)23(26-12-13-31-2)15-20-17-27-22-11-7-6-10-21(20)22;1-27-23(26)20(15-18-9-5-3-6-10-18)17-22(25)21(24-13-14-28-2)16-19-11-7-4-8-12-19/h3-10,16-18,25,28-30H,11-15H2,1-2H3;2*3-11,17,19,23,26-27H,12-16H2,1-2H3;3-12,20-21,24H,13-17H2,1-2H3. The third-order valence-electron chi connectivity index (χ3n) is 22.0. The lowest BCUT2D eigenvalue weighted by atomic mass is 9.90. The van der Waals surface area contributed by atoms with Crippen molar-refractivity contribution in [2.45, 2.75) is 101 Å². The van der Waals surface area contributed by atoms with Crippen LogP contribution in [0.3, 0.4) is 0 Å². The fourth-order valence-electron chi connectivity index (χ4n) is 15.4. The van der Waals surface area contributed by atoms with Crippen LogP contribution in [0, 0.1) is 23.7 Å². The predicted molar refractivity (Wildman–Crippen MR) is 510 cm³/mol. The molecule has 8 aromatic carbocycles. The number of carbonyl (C=O) groups is 8. The molecule has 8 unspecified atom stereocenters. The number of nitrogens with one attached hydrogen (secondary N) is 8. The zero-order chi connectivity index (χ0) is 88.2. The molecule has 124 heavy (non-hydrogen) atoms. The van der Waals surface area contributed by atoms with Crippen molar-refractivity contribution in [2.24, 2.45) is 23.7 Å². The van der Waals surface area contributed by atoms with E-state index in [0.717, 1.165) is 137 Å². The van der Waals surface area contributed by atoms with Crippen LogP contribution in [0.1, 0.15) is 70.2 Å². The van der Waals surface area contributed by atoms with E-state index in [2.05, 4.69) is 53.3 Å². The summed E-state index contributed by atoms with van der Waals surface area (Å²) in [6, 6.07) is 70.3. The highest BCUT2D eigenvalue weighted by Gasteiger charge is 2.33. The van der Waals surface area contributed by atoms with E-state index in [1.165, 1.54) is 28.4 Å². The van der Waals surface area contributed by atoms with Crippen LogP contribution in [-0.2, 0) is 109 Å². The van der Waals surface area contributed by atoms with Crippen LogP contribution in [0.25, 0.3) is 43.6 Å². The maximum absolute atomic E-state index is 13.5. The molecule has 20 nitrogen and oxygen atoms in total. The van der Waals surface area contributed by atoms with Crippen molar-refractivity contribution in [3.8, 4) is 0 Å². The minimum Gasteiger partial charge on any atom is -0.469 e. The van der Waals surface area contributed by atoms with Crippen LogP contribution < -0.4 is 21.3 Å². The molecule has 8 atom stereocenters. The Kier molecular flexibility index (Phi) is 42.3. The molecule has 8 N–H and O–H groups in total. The van der Waals surface area contributed by atoms with Crippen molar-refractivity contribution >= 4 is 138 Å². The second kappa shape index (κ2) is 53.8. The summed E-state index contributed by atoms with van der Waals surface area (Å²) < 4.78 is 20.1. The van der Waals surface area contributed by atoms with Crippen molar-refractivity contribution in [1.82, 2.24) is 41.2 Å². The smallest absolute Gasteiger partial charge is 0.309 e. The van der Waals surface area contributed by atoms with Crippen LogP contribution in [0.4, 0.5) is 0 Å². The normalized spacial score (nSPS) is 13.1. The summed E-state index contributed by atoms with van der Waals surface area (Å²) in [5.41, 5.74) is 12.6. The lowest BCUT2D eigenvalue weighted by Gasteiger charge is -2.21. The fourth-order valence-corrected chi connectivity index (χ4v) is 16.7. The molecule has 0 aliphatic carbocycles. The molecule has 0 aliphatic rings. The topological polar surface area (TPSA) is 285 Å². The monoisotopic (exact) mass is 1750 g/mol. The summed E-state index contributed by atoms with van der Waals surface area (Å²) in [6.07, 6.45) is 20.9. The van der Waals surface area contributed by atoms with E-state index in [1.54, 1.807) is 47.0 Å². The van der Waals surface area contributed by atoms with Gasteiger partial charge in [-0.05, 0) is 145 Å². The number of methoxy groups -OCH3 is 4. The summed E-state index contributed by atoms with van der Waals surface area (Å²) in [6.45, 7) is 2.97. The van der Waals surface area contributed by atoms with E-state index in [-0.39, 0.29) is 96.9 Å². The first kappa shape index (κ1) is 97.5. The molecule has 0 radical (unpaired) electrons. The van der Waals surface area contributed by atoms with Gasteiger partial charge in [0.15, 0.2) is 23.1 Å². The predicted octanol–water partition coefficient (Wildman–Crippen LogP) is 16.1. The largest absolute Gasteiger partial charge is 0.469 e. The van der Waals surface area contributed by atoms with E-state index in [1.807, 2.05) is 256 Å². The first-order valence-corrected chi connectivity index (χ1v) is 47.7. The van der Waals surface area contributed by atoms with Gasteiger partial charge in [0.2, 0.25) is 0 Å². The zero-order valence-corrected chi connectivity index (χ0v) is 75.7. The number of hydrogen-bond donors (Lipinski definition) is 8. The molecular weight excluding hydrogens is 1630 g/mol. The van der Waals surface area contributed by atoms with E-state index in [0.29, 0.717) is 51.4 Å². The maximum Gasteiger partial charge on any atom is 0.309 e. The van der Waals surface area contributed by atoms with Crippen LogP contribution in [-0.4, -0.2) is 194 Å². The summed E-state index contributed by atoms with van der Waals surface area (Å²) >= 11 is 6.94. The lowest BCUT2D eigenvalue weighted by Crippen LogP contribution is -2.41. The Morgan fingerprint density at radius 2 is 0.468 bits per heavy atom. The highest BCUT2D eigenvalue weighted by molar-refractivity contribution is 7.99. The molecule has 12 aromatic rings. The molecule has 0 amide bonds. The SMILES string of the molecule is COC(=O)C(CC(=O)C(Cc1c[nH]c2ccccc12)NCCSC)Cc1c[nH]c2ccccc12.COC(=O)C(CC(=O)C(Cc1c[nH]c2ccccc12)NCCSC)Cc1ccccc1.COC(=O)C(CC(=O)C(Cc1ccccc1)NCCSC)Cc1c[nH]c2ccccc12.COC(=O)C(CC(=O)C(Cc1ccccc1)NCCSC)Cc1ccccc1. The molecule has 4 aromatic heterocycles. The highest BCUT2D eigenvalue weighted by atomic mass is 32.2. The summed E-state index contributed by atoms with van der Waals surface area (Å²) in [5.74, 6) is 0.458. The number of para-hydroxylation sites is 4. The number of hydrogen-bond acceptors (Lipinski definition) is 20. The molecule has 0 fully saturated rings. The number of H-pyrrole nitrogens is 4. The van der Waals surface area contributed by atoms with Crippen LogP contribution in [0.15, 0.2) is 243 Å². The Bertz CT molecular complexity index is 5240. The third kappa shape index (κ3) is 31.1. The number of aromatic amines is 4. The van der Waals surface area contributed by atoms with Gasteiger partial charge in [-0.2, -0.15) is 47.0 Å². The fraction of sp³-hybridized carbons (Fsp3) is 0.360. The maximum atomic E-state index is 13.5. The van der Waals surface area contributed by atoms with Crippen LogP contribution in [0.5, 0.6) is 0 Å². The number of fused-ring (bicyclic) bond motifs is 4. The molecule has 0 bridgehead atoms. The summed E-state index contributed by atoms with van der Waals surface area (Å²) in [5, 5.41) is 18.0. The Labute approximate surface area is 746 Å². The van der Waals surface area contributed by atoms with Gasteiger partial charge in [0, 0.05) is 143 Å². The number of thioether (sulfide) groups is 4. The van der Waals surface area contributed by atoms with E-state index < -0.39 is 23.7 Å². The molecule has 656 valence electrons. The Balaban J connectivity index is 0.000000188. The first-order chi connectivity index (χ1) is 60.5. The average molecular weight is 1750 g/mol. The minimum atomic E-state index is -0.537. The number of ether oxygens (including phenoxy) is 4. The zero-order valence-electron chi connectivity index (χ0n) is 72.4. The highest BCUT2D eigenvalue weighted by Crippen LogP contribution is 2.29. The van der Waals surface area contributed by atoms with Gasteiger partial charge < -0.3 is 60.2 Å². The summed E-state index contributed by atoms with van der Waals surface area (Å²) in [4.78, 5) is 116. The molecule has 0 saturated heterocycles. The van der Waals surface area contributed by atoms with Gasteiger partial charge in [0.1, 0.15) is 0 Å². The van der Waals surface area contributed by atoms with Crippen LogP contribution >= 0.6 is 47.0 Å². The van der Waals surface area contributed by atoms with Gasteiger partial charge in [-0.25, -0.2) is 0 Å². The number of esters is 4. The molecule has 24 heteroatoms. The number of aromatic nitrogens is 4. The molecule has 0 spiro atoms. The van der Waals surface area contributed by atoms with Crippen molar-refractivity contribution in [2.75, 3.05) is 103 Å². The van der Waals surface area contributed by atoms with Crippen LogP contribution in [0.2, 0.25) is 0 Å². The number of benzene rings is 8. The summed E-state index contributed by atoms with van der Waals surface area (Å²) in [7, 11) is 5.52. The molecule has 0 aliphatic heterocycles. The van der Waals surface area contributed by atoms with E-state index in [9.17, 15) is 38.4 Å². The number of ketones is 4. The average Bonchev–Trinajstić information content (AvgIpc) is 1.68. The van der Waals surface area contributed by atoms with Crippen molar-refractivity contribution in [3.05, 3.63) is 288 Å². The quantitative estimate of drug-likeness (QED) is 0.00999. The van der Waals surface area contributed by atoms with Crippen molar-refractivity contribution in [3.63, 3.8) is 0 Å². The van der Waals surface area contributed by atoms with Gasteiger partial charge in [-0.15, -0.1) is 0 Å². The Morgan fingerprint density at radius 1 is 0.266 bits per heavy atom. The van der Waals surface area contributed by atoms with E-state index in [4.69, 9.17) is 18.9 Å². The first-order valence-electron chi connectivity index (χ1n) is 42.2. The van der Waals surface area contributed by atoms with Gasteiger partial charge in [0.25, 0.3) is 0 Å². The van der Waals surface area contributed by atoms with Crippen molar-refractivity contribution in [1.29, 1.82) is 0 Å².